The van der Waals surface area contributed by atoms with Crippen LogP contribution in [0.4, 0.5) is 0 Å². The molecule has 0 saturated carbocycles. The van der Waals surface area contributed by atoms with E-state index in [9.17, 15) is 5.11 Å². The van der Waals surface area contributed by atoms with E-state index in [0.29, 0.717) is 19.6 Å². The minimum Gasteiger partial charge on any atom is -0.507 e. The lowest BCUT2D eigenvalue weighted by Crippen LogP contribution is -2.07. The molecule has 0 aliphatic carbocycles. The van der Waals surface area contributed by atoms with Gasteiger partial charge in [-0.3, -0.25) is 0 Å². The van der Waals surface area contributed by atoms with Crippen molar-refractivity contribution in [3.63, 3.8) is 0 Å². The van der Waals surface area contributed by atoms with E-state index < -0.39 is 0 Å². The highest BCUT2D eigenvalue weighted by Gasteiger charge is 2.18. The van der Waals surface area contributed by atoms with E-state index >= 15 is 0 Å². The fourth-order valence-corrected chi connectivity index (χ4v) is 2.28. The molecule has 0 bridgehead atoms. The zero-order valence-electron chi connectivity index (χ0n) is 11.5. The Labute approximate surface area is 108 Å². The van der Waals surface area contributed by atoms with Gasteiger partial charge in [-0.25, -0.2) is 0 Å². The van der Waals surface area contributed by atoms with E-state index in [1.165, 1.54) is 0 Å². The van der Waals surface area contributed by atoms with E-state index in [1.54, 1.807) is 14.2 Å². The van der Waals surface area contributed by atoms with Crippen molar-refractivity contribution in [1.82, 2.24) is 0 Å². The van der Waals surface area contributed by atoms with Crippen molar-refractivity contribution in [2.24, 2.45) is 0 Å². The van der Waals surface area contributed by atoms with E-state index in [1.807, 2.05) is 13.8 Å². The molecule has 0 spiro atoms. The first kappa shape index (κ1) is 15.0. The molecule has 0 radical (unpaired) electrons. The van der Waals surface area contributed by atoms with Gasteiger partial charge in [-0.05, 0) is 42.5 Å². The van der Waals surface area contributed by atoms with Crippen LogP contribution in [0, 0.1) is 13.8 Å². The number of phenolic OH excluding ortho intramolecular Hbond substituents is 1. The van der Waals surface area contributed by atoms with Crippen LogP contribution < -0.4 is 0 Å². The maximum absolute atomic E-state index is 10.3. The summed E-state index contributed by atoms with van der Waals surface area (Å²) < 4.78 is 10.3. The first-order valence-electron chi connectivity index (χ1n) is 5.99. The smallest absolute Gasteiger partial charge is 0.124 e. The highest BCUT2D eigenvalue weighted by Crippen LogP contribution is 2.34. The summed E-state index contributed by atoms with van der Waals surface area (Å²) in [6.07, 6.45) is 0.436. The molecule has 0 fully saturated rings. The predicted octanol–water partition coefficient (Wildman–Crippen LogP) is 1.84. The van der Waals surface area contributed by atoms with Gasteiger partial charge in [-0.1, -0.05) is 0 Å². The third-order valence-corrected chi connectivity index (χ3v) is 3.32. The maximum atomic E-state index is 10.3. The number of aliphatic hydroxyl groups is 1. The summed E-state index contributed by atoms with van der Waals surface area (Å²) >= 11 is 0. The molecule has 0 aromatic heterocycles. The quantitative estimate of drug-likeness (QED) is 0.813. The van der Waals surface area contributed by atoms with Gasteiger partial charge in [0.05, 0.1) is 13.2 Å². The number of phenols is 1. The first-order chi connectivity index (χ1) is 8.58. The third-order valence-electron chi connectivity index (χ3n) is 3.32. The normalized spacial score (nSPS) is 10.9. The van der Waals surface area contributed by atoms with Gasteiger partial charge in [-0.2, -0.15) is 0 Å². The minimum atomic E-state index is 0.0102. The Morgan fingerprint density at radius 3 is 1.89 bits per heavy atom. The lowest BCUT2D eigenvalue weighted by Gasteiger charge is -2.20. The predicted molar refractivity (Wildman–Crippen MR) is 69.8 cm³/mol. The molecular weight excluding hydrogens is 232 g/mol. The van der Waals surface area contributed by atoms with Gasteiger partial charge < -0.3 is 19.7 Å². The number of benzene rings is 1. The molecule has 1 aromatic carbocycles. The highest BCUT2D eigenvalue weighted by atomic mass is 16.5. The largest absolute Gasteiger partial charge is 0.507 e. The summed E-state index contributed by atoms with van der Waals surface area (Å²) in [7, 11) is 3.24. The molecular formula is C14H22O4. The molecule has 18 heavy (non-hydrogen) atoms. The van der Waals surface area contributed by atoms with Crippen LogP contribution in [0.15, 0.2) is 0 Å². The Morgan fingerprint density at radius 2 is 1.39 bits per heavy atom. The van der Waals surface area contributed by atoms with Crippen LogP contribution >= 0.6 is 0 Å². The molecule has 0 atom stereocenters. The van der Waals surface area contributed by atoms with Crippen molar-refractivity contribution in [2.75, 3.05) is 20.8 Å². The zero-order chi connectivity index (χ0) is 13.7. The van der Waals surface area contributed by atoms with Gasteiger partial charge in [0.1, 0.15) is 5.75 Å². The number of aromatic hydroxyl groups is 1. The zero-order valence-corrected chi connectivity index (χ0v) is 11.5. The SMILES string of the molecule is COCc1c(C)c(CCO)c(O)c(COC)c1C. The van der Waals surface area contributed by atoms with Crippen molar-refractivity contribution in [3.05, 3.63) is 27.8 Å². The van der Waals surface area contributed by atoms with Gasteiger partial charge in [0.2, 0.25) is 0 Å². The number of methoxy groups -OCH3 is 2. The van der Waals surface area contributed by atoms with Crippen molar-refractivity contribution in [2.45, 2.75) is 33.5 Å². The Bertz CT molecular complexity index is 330. The standard InChI is InChI=1S/C14H22O4/c1-9-11(5-6-15)14(16)13(8-18-4)10(2)12(9)7-17-3/h15-16H,5-8H2,1-4H3. The van der Waals surface area contributed by atoms with Crippen LogP contribution in [-0.2, 0) is 29.1 Å². The Kier molecular flexibility index (Phi) is 5.59. The first-order valence-corrected chi connectivity index (χ1v) is 5.99. The van der Waals surface area contributed by atoms with Crippen molar-refractivity contribution >= 4 is 0 Å². The Hall–Kier alpha value is -1.10. The lowest BCUT2D eigenvalue weighted by atomic mass is 9.91. The highest BCUT2D eigenvalue weighted by molar-refractivity contribution is 5.54. The number of ether oxygens (including phenoxy) is 2. The number of aliphatic hydroxyl groups excluding tert-OH is 1. The summed E-state index contributed by atoms with van der Waals surface area (Å²) in [5.74, 6) is 0.237. The molecule has 102 valence electrons. The maximum Gasteiger partial charge on any atom is 0.124 e. The second kappa shape index (κ2) is 6.73. The second-order valence-electron chi connectivity index (χ2n) is 4.37. The van der Waals surface area contributed by atoms with Crippen LogP contribution in [0.1, 0.15) is 27.8 Å². The van der Waals surface area contributed by atoms with E-state index in [-0.39, 0.29) is 12.4 Å². The van der Waals surface area contributed by atoms with E-state index in [4.69, 9.17) is 14.6 Å². The number of hydrogen-bond donors (Lipinski definition) is 2. The fourth-order valence-electron chi connectivity index (χ4n) is 2.28. The van der Waals surface area contributed by atoms with Crippen LogP contribution in [0.5, 0.6) is 5.75 Å². The van der Waals surface area contributed by atoms with E-state index in [2.05, 4.69) is 0 Å². The van der Waals surface area contributed by atoms with Crippen LogP contribution in [0.3, 0.4) is 0 Å². The molecule has 0 aliphatic heterocycles. The average molecular weight is 254 g/mol. The third kappa shape index (κ3) is 2.83. The summed E-state index contributed by atoms with van der Waals surface area (Å²) in [5.41, 5.74) is 4.60. The minimum absolute atomic E-state index is 0.0102. The van der Waals surface area contributed by atoms with Crippen LogP contribution in [-0.4, -0.2) is 31.0 Å². The van der Waals surface area contributed by atoms with Crippen molar-refractivity contribution < 1.29 is 19.7 Å². The number of rotatable bonds is 6. The summed E-state index contributed by atoms with van der Waals surface area (Å²) in [6, 6.07) is 0. The van der Waals surface area contributed by atoms with Crippen LogP contribution in [0.2, 0.25) is 0 Å². The molecule has 1 rings (SSSR count). The molecule has 0 aliphatic rings. The number of hydrogen-bond acceptors (Lipinski definition) is 4. The molecule has 0 heterocycles. The molecule has 0 amide bonds. The molecule has 4 nitrogen and oxygen atoms in total. The Morgan fingerprint density at radius 1 is 0.889 bits per heavy atom. The summed E-state index contributed by atoms with van der Waals surface area (Å²) in [6.45, 7) is 4.76. The van der Waals surface area contributed by atoms with Crippen molar-refractivity contribution in [3.8, 4) is 5.75 Å². The molecule has 0 unspecified atom stereocenters. The van der Waals surface area contributed by atoms with Gasteiger partial charge >= 0.3 is 0 Å². The average Bonchev–Trinajstić information content (AvgIpc) is 2.35. The summed E-state index contributed by atoms with van der Waals surface area (Å²) in [4.78, 5) is 0. The van der Waals surface area contributed by atoms with Gasteiger partial charge in [0.25, 0.3) is 0 Å². The molecule has 2 N–H and O–H groups in total. The molecule has 1 aromatic rings. The van der Waals surface area contributed by atoms with Gasteiger partial charge in [-0.15, -0.1) is 0 Å². The lowest BCUT2D eigenvalue weighted by molar-refractivity contribution is 0.176. The van der Waals surface area contributed by atoms with Gasteiger partial charge in [0.15, 0.2) is 0 Å². The summed E-state index contributed by atoms with van der Waals surface area (Å²) in [5, 5.41) is 19.4. The van der Waals surface area contributed by atoms with Crippen LogP contribution in [0.25, 0.3) is 0 Å². The Balaban J connectivity index is 3.42. The topological polar surface area (TPSA) is 58.9 Å². The van der Waals surface area contributed by atoms with Gasteiger partial charge in [0, 0.05) is 26.4 Å². The monoisotopic (exact) mass is 254 g/mol. The molecule has 4 heteroatoms. The molecule has 0 saturated heterocycles. The van der Waals surface area contributed by atoms with Crippen molar-refractivity contribution in [1.29, 1.82) is 0 Å². The van der Waals surface area contributed by atoms with E-state index in [0.717, 1.165) is 27.8 Å². The second-order valence-corrected chi connectivity index (χ2v) is 4.37. The fraction of sp³-hybridized carbons (Fsp3) is 0.571.